The Morgan fingerprint density at radius 2 is 1.96 bits per heavy atom. The molecular weight excluding hydrogens is 328 g/mol. The monoisotopic (exact) mass is 350 g/mol. The molecule has 1 aliphatic carbocycles. The highest BCUT2D eigenvalue weighted by molar-refractivity contribution is 5.48. The van der Waals surface area contributed by atoms with Crippen molar-refractivity contribution in [3.63, 3.8) is 0 Å². The van der Waals surface area contributed by atoms with Gasteiger partial charge in [0.2, 0.25) is 0 Å². The number of hydrogen-bond donors (Lipinski definition) is 1. The molecule has 0 atom stereocenters. The van der Waals surface area contributed by atoms with Crippen LogP contribution >= 0.6 is 0 Å². The Balaban J connectivity index is 1.24. The van der Waals surface area contributed by atoms with Crippen LogP contribution in [0.15, 0.2) is 24.5 Å². The molecule has 2 fully saturated rings. The molecule has 0 aromatic carbocycles. The molecule has 5 rings (SSSR count). The molecule has 1 saturated carbocycles. The van der Waals surface area contributed by atoms with Crippen molar-refractivity contribution in [3.05, 3.63) is 36.0 Å². The van der Waals surface area contributed by atoms with Crippen LogP contribution in [0.1, 0.15) is 36.7 Å². The maximum absolute atomic E-state index is 4.80. The average Bonchev–Trinajstić information content (AvgIpc) is 2.97. The van der Waals surface area contributed by atoms with E-state index in [1.165, 1.54) is 19.3 Å². The van der Waals surface area contributed by atoms with Gasteiger partial charge in [0.25, 0.3) is 0 Å². The van der Waals surface area contributed by atoms with Gasteiger partial charge in [-0.3, -0.25) is 4.98 Å². The highest BCUT2D eigenvalue weighted by Crippen LogP contribution is 2.35. The molecule has 3 aromatic heterocycles. The Hall–Kier alpha value is -2.77. The largest absolute Gasteiger partial charge is 0.368 e. The van der Waals surface area contributed by atoms with Crippen LogP contribution in [0.4, 0.5) is 11.6 Å². The molecule has 0 spiro atoms. The van der Waals surface area contributed by atoms with E-state index >= 15 is 0 Å². The lowest BCUT2D eigenvalue weighted by Gasteiger charge is -2.40. The first-order valence-corrected chi connectivity index (χ1v) is 9.27. The van der Waals surface area contributed by atoms with Gasteiger partial charge in [0, 0.05) is 43.9 Å². The van der Waals surface area contributed by atoms with Crippen molar-refractivity contribution >= 4 is 17.3 Å². The first-order valence-electron chi connectivity index (χ1n) is 9.27. The van der Waals surface area contributed by atoms with Crippen molar-refractivity contribution in [1.29, 1.82) is 0 Å². The molecule has 4 heterocycles. The standard InChI is InChI=1S/C18H22N8/c1-12-17(20-8-7-19-12)21-9-13-10-25(11-13)16-6-5-15-22-23-18(26(15)24-16)14-3-2-4-14/h5-8,13-14H,2-4,9-11H2,1H3,(H,20,21). The van der Waals surface area contributed by atoms with Crippen molar-refractivity contribution in [2.75, 3.05) is 29.9 Å². The van der Waals surface area contributed by atoms with E-state index < -0.39 is 0 Å². The molecule has 3 aromatic rings. The summed E-state index contributed by atoms with van der Waals surface area (Å²) in [7, 11) is 0. The first-order chi connectivity index (χ1) is 12.8. The Morgan fingerprint density at radius 1 is 1.12 bits per heavy atom. The van der Waals surface area contributed by atoms with Crippen LogP contribution in [0.3, 0.4) is 0 Å². The molecule has 8 nitrogen and oxygen atoms in total. The zero-order valence-corrected chi connectivity index (χ0v) is 14.8. The van der Waals surface area contributed by atoms with Gasteiger partial charge < -0.3 is 10.2 Å². The number of anilines is 2. The lowest BCUT2D eigenvalue weighted by Crippen LogP contribution is -2.50. The summed E-state index contributed by atoms with van der Waals surface area (Å²) >= 11 is 0. The minimum Gasteiger partial charge on any atom is -0.368 e. The van der Waals surface area contributed by atoms with Gasteiger partial charge in [-0.05, 0) is 31.9 Å². The third kappa shape index (κ3) is 2.65. The van der Waals surface area contributed by atoms with E-state index in [2.05, 4.69) is 30.4 Å². The van der Waals surface area contributed by atoms with Crippen LogP contribution in [0, 0.1) is 12.8 Å². The Bertz CT molecular complexity index is 926. The van der Waals surface area contributed by atoms with Crippen molar-refractivity contribution < 1.29 is 0 Å². The zero-order valence-electron chi connectivity index (χ0n) is 14.8. The second-order valence-electron chi connectivity index (χ2n) is 7.29. The summed E-state index contributed by atoms with van der Waals surface area (Å²) in [5, 5.41) is 16.8. The molecule has 0 radical (unpaired) electrons. The summed E-state index contributed by atoms with van der Waals surface area (Å²) < 4.78 is 1.94. The summed E-state index contributed by atoms with van der Waals surface area (Å²) in [6.07, 6.45) is 7.12. The minimum absolute atomic E-state index is 0.524. The van der Waals surface area contributed by atoms with Gasteiger partial charge in [-0.1, -0.05) is 6.42 Å². The van der Waals surface area contributed by atoms with Crippen LogP contribution < -0.4 is 10.2 Å². The lowest BCUT2D eigenvalue weighted by atomic mass is 9.85. The van der Waals surface area contributed by atoms with Crippen molar-refractivity contribution in [1.82, 2.24) is 29.8 Å². The molecular formula is C18H22N8. The first kappa shape index (κ1) is 15.5. The smallest absolute Gasteiger partial charge is 0.178 e. The van der Waals surface area contributed by atoms with Gasteiger partial charge in [0.05, 0.1) is 5.69 Å². The van der Waals surface area contributed by atoms with Crippen LogP contribution in [0.2, 0.25) is 0 Å². The number of nitrogens with one attached hydrogen (secondary N) is 1. The number of nitrogens with zero attached hydrogens (tertiary/aromatic N) is 7. The fourth-order valence-corrected chi connectivity index (χ4v) is 3.59. The summed E-state index contributed by atoms with van der Waals surface area (Å²) in [6.45, 7) is 4.86. The maximum atomic E-state index is 4.80. The van der Waals surface area contributed by atoms with Gasteiger partial charge in [-0.2, -0.15) is 4.52 Å². The second-order valence-corrected chi connectivity index (χ2v) is 7.29. The molecule has 134 valence electrons. The van der Waals surface area contributed by atoms with E-state index in [1.807, 2.05) is 23.6 Å². The molecule has 8 heteroatoms. The van der Waals surface area contributed by atoms with Crippen molar-refractivity contribution in [2.45, 2.75) is 32.1 Å². The molecule has 0 bridgehead atoms. The predicted molar refractivity (Wildman–Crippen MR) is 98.3 cm³/mol. The summed E-state index contributed by atoms with van der Waals surface area (Å²) in [5.74, 6) is 4.01. The number of aryl methyl sites for hydroxylation is 1. The highest BCUT2D eigenvalue weighted by Gasteiger charge is 2.29. The normalized spacial score (nSPS) is 18.0. The molecule has 0 unspecified atom stereocenters. The maximum Gasteiger partial charge on any atom is 0.178 e. The average molecular weight is 350 g/mol. The fourth-order valence-electron chi connectivity index (χ4n) is 3.59. The summed E-state index contributed by atoms with van der Waals surface area (Å²) in [4.78, 5) is 10.9. The Morgan fingerprint density at radius 3 is 2.73 bits per heavy atom. The van der Waals surface area contributed by atoms with Crippen LogP contribution in [-0.2, 0) is 0 Å². The SMILES string of the molecule is Cc1nccnc1NCC1CN(c2ccc3nnc(C4CCC4)n3n2)C1. The van der Waals surface area contributed by atoms with Gasteiger partial charge >= 0.3 is 0 Å². The fraction of sp³-hybridized carbons (Fsp3) is 0.500. The predicted octanol–water partition coefficient (Wildman–Crippen LogP) is 2.04. The van der Waals surface area contributed by atoms with Gasteiger partial charge in [-0.25, -0.2) is 4.98 Å². The Labute approximate surface area is 151 Å². The summed E-state index contributed by atoms with van der Waals surface area (Å²) in [5.41, 5.74) is 1.78. The molecule has 1 aliphatic heterocycles. The van der Waals surface area contributed by atoms with E-state index in [0.29, 0.717) is 11.8 Å². The number of rotatable bonds is 5. The molecule has 2 aliphatic rings. The van der Waals surface area contributed by atoms with E-state index in [-0.39, 0.29) is 0 Å². The number of hydrogen-bond acceptors (Lipinski definition) is 7. The van der Waals surface area contributed by atoms with Crippen LogP contribution in [0.5, 0.6) is 0 Å². The van der Waals surface area contributed by atoms with E-state index in [0.717, 1.165) is 48.4 Å². The van der Waals surface area contributed by atoms with Crippen molar-refractivity contribution in [3.8, 4) is 0 Å². The topological polar surface area (TPSA) is 84.1 Å². The third-order valence-corrected chi connectivity index (χ3v) is 5.46. The van der Waals surface area contributed by atoms with Crippen LogP contribution in [-0.4, -0.2) is 49.4 Å². The third-order valence-electron chi connectivity index (χ3n) is 5.46. The second kappa shape index (κ2) is 6.19. The van der Waals surface area contributed by atoms with E-state index in [1.54, 1.807) is 12.4 Å². The number of aromatic nitrogens is 6. The van der Waals surface area contributed by atoms with Gasteiger partial charge in [0.15, 0.2) is 11.5 Å². The minimum atomic E-state index is 0.524. The highest BCUT2D eigenvalue weighted by atomic mass is 15.4. The van der Waals surface area contributed by atoms with Crippen molar-refractivity contribution in [2.24, 2.45) is 5.92 Å². The zero-order chi connectivity index (χ0) is 17.5. The van der Waals surface area contributed by atoms with Crippen LogP contribution in [0.25, 0.3) is 5.65 Å². The Kier molecular flexibility index (Phi) is 3.69. The molecule has 0 amide bonds. The quantitative estimate of drug-likeness (QED) is 0.754. The van der Waals surface area contributed by atoms with E-state index in [9.17, 15) is 0 Å². The van der Waals surface area contributed by atoms with E-state index in [4.69, 9.17) is 5.10 Å². The molecule has 26 heavy (non-hydrogen) atoms. The molecule has 1 N–H and O–H groups in total. The molecule has 1 saturated heterocycles. The van der Waals surface area contributed by atoms with Gasteiger partial charge in [0.1, 0.15) is 11.6 Å². The lowest BCUT2D eigenvalue weighted by molar-refractivity contribution is 0.393. The summed E-state index contributed by atoms with van der Waals surface area (Å²) in [6, 6.07) is 4.07. The van der Waals surface area contributed by atoms with Gasteiger partial charge in [-0.15, -0.1) is 15.3 Å². The number of fused-ring (bicyclic) bond motifs is 1.